The van der Waals surface area contributed by atoms with Gasteiger partial charge in [0.1, 0.15) is 17.8 Å². The van der Waals surface area contributed by atoms with Gasteiger partial charge in [0.25, 0.3) is 0 Å². The molecule has 0 radical (unpaired) electrons. The second-order valence-electron chi connectivity index (χ2n) is 8.82. The van der Waals surface area contributed by atoms with Gasteiger partial charge in [0.15, 0.2) is 12.1 Å². The summed E-state index contributed by atoms with van der Waals surface area (Å²) in [4.78, 5) is 47.3. The Balaban J connectivity index is 2.76. The van der Waals surface area contributed by atoms with E-state index in [1.165, 1.54) is 24.3 Å². The van der Waals surface area contributed by atoms with Crippen molar-refractivity contribution in [2.45, 2.75) is 64.9 Å². The number of anilines is 1. The molecule has 1 aromatic carbocycles. The first kappa shape index (κ1) is 26.7. The van der Waals surface area contributed by atoms with Gasteiger partial charge in [0.05, 0.1) is 0 Å². The smallest absolute Gasteiger partial charge is 0.411 e. The van der Waals surface area contributed by atoms with E-state index in [-0.39, 0.29) is 11.3 Å². The molecule has 2 unspecified atom stereocenters. The van der Waals surface area contributed by atoms with Crippen LogP contribution in [0.5, 0.6) is 0 Å². The Morgan fingerprint density at radius 2 is 1.44 bits per heavy atom. The molecule has 0 saturated heterocycles. The number of alkyl carbamates (subject to hydrolysis) is 1. The molecule has 0 aliphatic rings. The van der Waals surface area contributed by atoms with Gasteiger partial charge < -0.3 is 29.7 Å². The lowest BCUT2D eigenvalue weighted by molar-refractivity contribution is -0.158. The highest BCUT2D eigenvalue weighted by molar-refractivity contribution is 5.86. The third-order valence-electron chi connectivity index (χ3n) is 3.47. The van der Waals surface area contributed by atoms with Crippen LogP contribution in [0.3, 0.4) is 0 Å². The fourth-order valence-corrected chi connectivity index (χ4v) is 2.20. The number of ether oxygens (including phenoxy) is 3. The maximum atomic E-state index is 12.4. The van der Waals surface area contributed by atoms with E-state index in [2.05, 4.69) is 10.6 Å². The number of aliphatic hydroxyl groups is 1. The third-order valence-corrected chi connectivity index (χ3v) is 3.47. The molecule has 178 valence electrons. The average Bonchev–Trinajstić information content (AvgIpc) is 2.62. The maximum Gasteiger partial charge on any atom is 0.411 e. The van der Waals surface area contributed by atoms with Crippen molar-refractivity contribution in [2.24, 2.45) is 0 Å². The van der Waals surface area contributed by atoms with E-state index in [1.54, 1.807) is 41.5 Å². The standard InChI is InChI=1S/C21H30N2O9/c1-20(2,3)31-17(27)14(23-19(29)32-21(4,5)6)11-30-18(28)22-13-9-7-12(8-10-13)15(24)16(25)26/h7-10,14-15,24H,11H2,1-6H3,(H,22,28)(H,23,29)(H,25,26). The second kappa shape index (κ2) is 10.8. The van der Waals surface area contributed by atoms with Crippen molar-refractivity contribution in [1.82, 2.24) is 5.32 Å². The van der Waals surface area contributed by atoms with Gasteiger partial charge in [-0.2, -0.15) is 0 Å². The zero-order valence-electron chi connectivity index (χ0n) is 18.9. The van der Waals surface area contributed by atoms with E-state index < -0.39 is 54.1 Å². The zero-order chi connectivity index (χ0) is 24.7. The highest BCUT2D eigenvalue weighted by atomic mass is 16.6. The van der Waals surface area contributed by atoms with Crippen LogP contribution in [0.1, 0.15) is 53.2 Å². The third kappa shape index (κ3) is 10.1. The second-order valence-corrected chi connectivity index (χ2v) is 8.82. The van der Waals surface area contributed by atoms with Crippen LogP contribution in [-0.2, 0) is 23.8 Å². The Morgan fingerprint density at radius 1 is 0.906 bits per heavy atom. The van der Waals surface area contributed by atoms with Crippen LogP contribution in [0.2, 0.25) is 0 Å². The summed E-state index contributed by atoms with van der Waals surface area (Å²) in [7, 11) is 0. The molecule has 32 heavy (non-hydrogen) atoms. The van der Waals surface area contributed by atoms with Gasteiger partial charge in [-0.15, -0.1) is 0 Å². The number of rotatable bonds is 7. The minimum atomic E-state index is -1.69. The number of amides is 2. The van der Waals surface area contributed by atoms with Crippen molar-refractivity contribution in [2.75, 3.05) is 11.9 Å². The van der Waals surface area contributed by atoms with Crippen molar-refractivity contribution in [1.29, 1.82) is 0 Å². The molecule has 0 bridgehead atoms. The van der Waals surface area contributed by atoms with E-state index in [0.717, 1.165) is 0 Å². The van der Waals surface area contributed by atoms with Crippen molar-refractivity contribution < 1.29 is 43.6 Å². The molecule has 1 rings (SSSR count). The molecule has 0 aliphatic carbocycles. The van der Waals surface area contributed by atoms with Gasteiger partial charge in [-0.1, -0.05) is 12.1 Å². The number of carboxylic acids is 1. The number of nitrogens with one attached hydrogen (secondary N) is 2. The number of hydrogen-bond acceptors (Lipinski definition) is 8. The number of carbonyl (C=O) groups excluding carboxylic acids is 3. The first-order valence-corrected chi connectivity index (χ1v) is 9.74. The van der Waals surface area contributed by atoms with Gasteiger partial charge in [-0.3, -0.25) is 5.32 Å². The molecule has 0 aromatic heterocycles. The lowest BCUT2D eigenvalue weighted by atomic mass is 10.1. The number of hydrogen-bond donors (Lipinski definition) is 4. The van der Waals surface area contributed by atoms with E-state index in [4.69, 9.17) is 19.3 Å². The first-order chi connectivity index (χ1) is 14.6. The number of carbonyl (C=O) groups is 4. The molecule has 0 aliphatic heterocycles. The van der Waals surface area contributed by atoms with Gasteiger partial charge in [0, 0.05) is 5.69 Å². The van der Waals surface area contributed by atoms with Crippen LogP contribution < -0.4 is 10.6 Å². The molecule has 11 nitrogen and oxygen atoms in total. The lowest BCUT2D eigenvalue weighted by Gasteiger charge is -2.26. The van der Waals surface area contributed by atoms with E-state index in [0.29, 0.717) is 0 Å². The summed E-state index contributed by atoms with van der Waals surface area (Å²) < 4.78 is 15.4. The topological polar surface area (TPSA) is 160 Å². The van der Waals surface area contributed by atoms with Gasteiger partial charge in [-0.05, 0) is 59.2 Å². The molecule has 0 fully saturated rings. The Hall–Kier alpha value is -3.34. The zero-order valence-corrected chi connectivity index (χ0v) is 18.9. The van der Waals surface area contributed by atoms with Crippen molar-refractivity contribution >= 4 is 29.8 Å². The van der Waals surface area contributed by atoms with Gasteiger partial charge in [0.2, 0.25) is 0 Å². The molecule has 2 atom stereocenters. The fraction of sp³-hybridized carbons (Fsp3) is 0.524. The van der Waals surface area contributed by atoms with Crippen LogP contribution in [0.15, 0.2) is 24.3 Å². The van der Waals surface area contributed by atoms with Crippen LogP contribution in [0, 0.1) is 0 Å². The minimum Gasteiger partial charge on any atom is -0.479 e. The first-order valence-electron chi connectivity index (χ1n) is 9.74. The molecular weight excluding hydrogens is 424 g/mol. The quantitative estimate of drug-likeness (QED) is 0.358. The summed E-state index contributed by atoms with van der Waals surface area (Å²) >= 11 is 0. The predicted molar refractivity (Wildman–Crippen MR) is 113 cm³/mol. The Kier molecular flexibility index (Phi) is 9.01. The van der Waals surface area contributed by atoms with Crippen LogP contribution in [-0.4, -0.2) is 58.2 Å². The van der Waals surface area contributed by atoms with Gasteiger partial charge in [-0.25, -0.2) is 19.2 Å². The lowest BCUT2D eigenvalue weighted by Crippen LogP contribution is -2.48. The number of carboxylic acid groups (broad SMARTS) is 1. The molecule has 0 spiro atoms. The predicted octanol–water partition coefficient (Wildman–Crippen LogP) is 2.59. The Bertz CT molecular complexity index is 823. The molecule has 0 heterocycles. The number of esters is 1. The summed E-state index contributed by atoms with van der Waals surface area (Å²) in [6.07, 6.45) is -3.51. The van der Waals surface area contributed by atoms with Crippen LogP contribution in [0.4, 0.5) is 15.3 Å². The fourth-order valence-electron chi connectivity index (χ4n) is 2.20. The average molecular weight is 454 g/mol. The van der Waals surface area contributed by atoms with Crippen LogP contribution in [0.25, 0.3) is 0 Å². The van der Waals surface area contributed by atoms with E-state index in [9.17, 15) is 24.3 Å². The van der Waals surface area contributed by atoms with Crippen LogP contribution >= 0.6 is 0 Å². The highest BCUT2D eigenvalue weighted by Gasteiger charge is 2.30. The number of aliphatic carboxylic acids is 1. The van der Waals surface area contributed by atoms with Crippen molar-refractivity contribution in [3.05, 3.63) is 29.8 Å². The van der Waals surface area contributed by atoms with Crippen molar-refractivity contribution in [3.8, 4) is 0 Å². The summed E-state index contributed by atoms with van der Waals surface area (Å²) in [6.45, 7) is 9.37. The minimum absolute atomic E-state index is 0.128. The molecule has 11 heteroatoms. The summed E-state index contributed by atoms with van der Waals surface area (Å²) in [5.74, 6) is -2.22. The number of benzene rings is 1. The number of aliphatic hydroxyl groups excluding tert-OH is 1. The Morgan fingerprint density at radius 3 is 1.91 bits per heavy atom. The monoisotopic (exact) mass is 454 g/mol. The van der Waals surface area contributed by atoms with E-state index in [1.807, 2.05) is 0 Å². The highest BCUT2D eigenvalue weighted by Crippen LogP contribution is 2.17. The van der Waals surface area contributed by atoms with Crippen molar-refractivity contribution in [3.63, 3.8) is 0 Å². The van der Waals surface area contributed by atoms with Gasteiger partial charge >= 0.3 is 24.1 Å². The molecule has 0 saturated carbocycles. The molecule has 4 N–H and O–H groups in total. The Labute approximate surface area is 186 Å². The molecule has 1 aromatic rings. The largest absolute Gasteiger partial charge is 0.479 e. The normalized spacial score (nSPS) is 13.3. The molecule has 2 amide bonds. The summed E-state index contributed by atoms with van der Waals surface area (Å²) in [5, 5.41) is 23.0. The van der Waals surface area contributed by atoms with E-state index >= 15 is 0 Å². The summed E-state index contributed by atoms with van der Waals surface area (Å²) in [6, 6.07) is 4.06. The SMILES string of the molecule is CC(C)(C)OC(=O)NC(COC(=O)Nc1ccc(C(O)C(=O)O)cc1)C(=O)OC(C)(C)C. The summed E-state index contributed by atoms with van der Waals surface area (Å²) in [5.41, 5.74) is -1.26. The maximum absolute atomic E-state index is 12.4. The molecular formula is C21H30N2O9.